The van der Waals surface area contributed by atoms with E-state index in [1.165, 1.54) is 17.7 Å². The fourth-order valence-electron chi connectivity index (χ4n) is 3.83. The van der Waals surface area contributed by atoms with E-state index in [1.54, 1.807) is 18.2 Å². The van der Waals surface area contributed by atoms with Crippen LogP contribution in [0, 0.1) is 0 Å². The van der Waals surface area contributed by atoms with Crippen molar-refractivity contribution < 1.29 is 18.3 Å². The van der Waals surface area contributed by atoms with Gasteiger partial charge in [0.15, 0.2) is 0 Å². The number of fused-ring (bicyclic) bond motifs is 1. The molecule has 3 rings (SSSR count). The van der Waals surface area contributed by atoms with Gasteiger partial charge in [-0.25, -0.2) is 8.42 Å². The standard InChI is InChI=1S/C22H26O4S/c1-21(2)11-12-22(3,4)19-14-17(9-10-18(19)21)27(25,26)16-7-5-15(6-8-16)13-20(23)24/h5-10,14H,11-13H2,1-4H3,(H,23,24). The summed E-state index contributed by atoms with van der Waals surface area (Å²) in [6, 6.07) is 11.6. The lowest BCUT2D eigenvalue weighted by Crippen LogP contribution is -2.34. The minimum absolute atomic E-state index is 0.0334. The van der Waals surface area contributed by atoms with Crippen LogP contribution in [0.15, 0.2) is 52.3 Å². The van der Waals surface area contributed by atoms with Gasteiger partial charge in [-0.1, -0.05) is 45.9 Å². The highest BCUT2D eigenvalue weighted by atomic mass is 32.2. The highest BCUT2D eigenvalue weighted by Gasteiger charge is 2.37. The molecule has 1 aliphatic carbocycles. The molecule has 144 valence electrons. The molecule has 2 aromatic rings. The Hall–Kier alpha value is -2.14. The molecule has 0 heterocycles. The zero-order chi connectivity index (χ0) is 20.0. The van der Waals surface area contributed by atoms with Crippen molar-refractivity contribution in [3.63, 3.8) is 0 Å². The molecule has 1 N–H and O–H groups in total. The molecule has 0 saturated heterocycles. The topological polar surface area (TPSA) is 71.4 Å². The molecule has 5 heteroatoms. The average molecular weight is 387 g/mol. The van der Waals surface area contributed by atoms with Crippen LogP contribution in [0.2, 0.25) is 0 Å². The summed E-state index contributed by atoms with van der Waals surface area (Å²) in [5.74, 6) is -0.940. The second-order valence-corrected chi connectivity index (χ2v) is 10.6. The van der Waals surface area contributed by atoms with Crippen molar-refractivity contribution in [3.8, 4) is 0 Å². The van der Waals surface area contributed by atoms with Crippen molar-refractivity contribution in [3.05, 3.63) is 59.2 Å². The predicted molar refractivity (Wildman–Crippen MR) is 105 cm³/mol. The number of rotatable bonds is 4. The zero-order valence-corrected chi connectivity index (χ0v) is 17.1. The van der Waals surface area contributed by atoms with Crippen LogP contribution in [0.1, 0.15) is 57.2 Å². The highest BCUT2D eigenvalue weighted by molar-refractivity contribution is 7.91. The van der Waals surface area contributed by atoms with Gasteiger partial charge in [-0.05, 0) is 64.6 Å². The molecule has 0 spiro atoms. The molecule has 0 aromatic heterocycles. The third-order valence-corrected chi connectivity index (χ3v) is 7.49. The largest absolute Gasteiger partial charge is 0.481 e. The van der Waals surface area contributed by atoms with Gasteiger partial charge in [-0.3, -0.25) is 4.79 Å². The first-order valence-corrected chi connectivity index (χ1v) is 10.6. The third kappa shape index (κ3) is 3.65. The fraction of sp³-hybridized carbons (Fsp3) is 0.409. The van der Waals surface area contributed by atoms with Crippen molar-refractivity contribution >= 4 is 15.8 Å². The Morgan fingerprint density at radius 2 is 1.41 bits per heavy atom. The molecule has 0 radical (unpaired) electrons. The minimum Gasteiger partial charge on any atom is -0.481 e. The molecule has 0 atom stereocenters. The molecule has 1 aliphatic rings. The number of benzene rings is 2. The van der Waals surface area contributed by atoms with E-state index < -0.39 is 15.8 Å². The molecule has 0 unspecified atom stereocenters. The molecule has 2 aromatic carbocycles. The average Bonchev–Trinajstić information content (AvgIpc) is 2.59. The van der Waals surface area contributed by atoms with Gasteiger partial charge in [-0.2, -0.15) is 0 Å². The summed E-state index contributed by atoms with van der Waals surface area (Å²) in [6.07, 6.45) is 1.97. The van der Waals surface area contributed by atoms with Crippen molar-refractivity contribution in [1.82, 2.24) is 0 Å². The van der Waals surface area contributed by atoms with E-state index in [9.17, 15) is 13.2 Å². The Morgan fingerprint density at radius 3 is 1.96 bits per heavy atom. The number of sulfone groups is 1. The molecule has 0 fully saturated rings. The van der Waals surface area contributed by atoms with Gasteiger partial charge < -0.3 is 5.11 Å². The molecule has 27 heavy (non-hydrogen) atoms. The Morgan fingerprint density at radius 1 is 0.889 bits per heavy atom. The van der Waals surface area contributed by atoms with Gasteiger partial charge in [0, 0.05) is 0 Å². The number of hydrogen-bond donors (Lipinski definition) is 1. The molecule has 0 aliphatic heterocycles. The van der Waals surface area contributed by atoms with Crippen molar-refractivity contribution in [2.75, 3.05) is 0 Å². The Bertz CT molecular complexity index is 983. The number of carbonyl (C=O) groups is 1. The second kappa shape index (κ2) is 6.48. The van der Waals surface area contributed by atoms with E-state index >= 15 is 0 Å². The number of carboxylic acids is 1. The van der Waals surface area contributed by atoms with Crippen LogP contribution >= 0.6 is 0 Å². The number of aliphatic carboxylic acids is 1. The van der Waals surface area contributed by atoms with Gasteiger partial charge in [0.2, 0.25) is 9.84 Å². The Balaban J connectivity index is 2.04. The van der Waals surface area contributed by atoms with Gasteiger partial charge in [-0.15, -0.1) is 0 Å². The third-order valence-electron chi connectivity index (χ3n) is 5.72. The molecular weight excluding hydrogens is 360 g/mol. The van der Waals surface area contributed by atoms with Crippen LogP contribution in [0.4, 0.5) is 0 Å². The summed E-state index contributed by atoms with van der Waals surface area (Å²) < 4.78 is 26.2. The van der Waals surface area contributed by atoms with Gasteiger partial charge in [0.25, 0.3) is 0 Å². The molecule has 0 amide bonds. The molecule has 4 nitrogen and oxygen atoms in total. The van der Waals surface area contributed by atoms with Crippen LogP contribution in [0.3, 0.4) is 0 Å². The molecule has 0 bridgehead atoms. The normalized spacial score (nSPS) is 17.9. The zero-order valence-electron chi connectivity index (χ0n) is 16.2. The monoisotopic (exact) mass is 386 g/mol. The number of carboxylic acid groups (broad SMARTS) is 1. The second-order valence-electron chi connectivity index (χ2n) is 8.69. The van der Waals surface area contributed by atoms with Crippen molar-refractivity contribution in [1.29, 1.82) is 0 Å². The van der Waals surface area contributed by atoms with Crippen LogP contribution in [0.25, 0.3) is 0 Å². The maximum atomic E-state index is 13.1. The molecule has 0 saturated carbocycles. The van der Waals surface area contributed by atoms with Crippen LogP contribution in [0.5, 0.6) is 0 Å². The first-order chi connectivity index (χ1) is 12.4. The quantitative estimate of drug-likeness (QED) is 0.840. The van der Waals surface area contributed by atoms with Crippen LogP contribution in [-0.2, 0) is 31.9 Å². The smallest absolute Gasteiger partial charge is 0.307 e. The maximum absolute atomic E-state index is 13.1. The summed E-state index contributed by atoms with van der Waals surface area (Å²) in [7, 11) is -3.65. The highest BCUT2D eigenvalue weighted by Crippen LogP contribution is 2.46. The summed E-state index contributed by atoms with van der Waals surface area (Å²) >= 11 is 0. The van der Waals surface area contributed by atoms with E-state index in [0.29, 0.717) is 5.56 Å². The van der Waals surface area contributed by atoms with Crippen LogP contribution in [-0.4, -0.2) is 19.5 Å². The van der Waals surface area contributed by atoms with Crippen molar-refractivity contribution in [2.24, 2.45) is 0 Å². The predicted octanol–water partition coefficient (Wildman–Crippen LogP) is 4.50. The van der Waals surface area contributed by atoms with Gasteiger partial charge >= 0.3 is 5.97 Å². The first kappa shape index (κ1) is 19.6. The Kier molecular flexibility index (Phi) is 4.71. The van der Waals surface area contributed by atoms with Crippen molar-refractivity contribution in [2.45, 2.75) is 67.6 Å². The van der Waals surface area contributed by atoms with E-state index in [1.807, 2.05) is 12.1 Å². The van der Waals surface area contributed by atoms with E-state index in [2.05, 4.69) is 27.7 Å². The van der Waals surface area contributed by atoms with E-state index in [0.717, 1.165) is 18.4 Å². The van der Waals surface area contributed by atoms with Crippen LogP contribution < -0.4 is 0 Å². The summed E-state index contributed by atoms with van der Waals surface area (Å²) in [6.45, 7) is 8.74. The lowest BCUT2D eigenvalue weighted by atomic mass is 9.63. The first-order valence-electron chi connectivity index (χ1n) is 9.14. The van der Waals surface area contributed by atoms with Gasteiger partial charge in [0.1, 0.15) is 0 Å². The fourth-order valence-corrected chi connectivity index (χ4v) is 5.12. The Labute approximate surface area is 161 Å². The number of hydrogen-bond acceptors (Lipinski definition) is 3. The van der Waals surface area contributed by atoms with Gasteiger partial charge in [0.05, 0.1) is 16.2 Å². The summed E-state index contributed by atoms with van der Waals surface area (Å²) in [5, 5.41) is 8.86. The molecular formula is C22H26O4S. The van der Waals surface area contributed by atoms with E-state index in [4.69, 9.17) is 5.11 Å². The maximum Gasteiger partial charge on any atom is 0.307 e. The minimum atomic E-state index is -3.65. The van der Waals surface area contributed by atoms with E-state index in [-0.39, 0.29) is 27.0 Å². The lowest BCUT2D eigenvalue weighted by molar-refractivity contribution is -0.136. The lowest BCUT2D eigenvalue weighted by Gasteiger charge is -2.42. The summed E-state index contributed by atoms with van der Waals surface area (Å²) in [5.41, 5.74) is 2.86. The SMILES string of the molecule is CC1(C)CCC(C)(C)c2cc(S(=O)(=O)c3ccc(CC(=O)O)cc3)ccc21. The summed E-state index contributed by atoms with van der Waals surface area (Å²) in [4.78, 5) is 11.3.